The van der Waals surface area contributed by atoms with E-state index in [9.17, 15) is 14.7 Å². The number of carbonyl (C=O) groups excluding carboxylic acids is 2. The monoisotopic (exact) mass is 308 g/mol. The first-order valence-corrected chi connectivity index (χ1v) is 8.07. The molecular weight excluding hydrogens is 284 g/mol. The molecule has 1 N–H and O–H groups in total. The van der Waals surface area contributed by atoms with Crippen LogP contribution in [-0.2, 0) is 19.1 Å². The molecule has 3 fully saturated rings. The molecule has 0 unspecified atom stereocenters. The minimum atomic E-state index is -0.449. The van der Waals surface area contributed by atoms with Crippen LogP contribution in [0.5, 0.6) is 0 Å². The van der Waals surface area contributed by atoms with E-state index in [1.807, 2.05) is 0 Å². The SMILES string of the molecule is C=C1C(=O)O[C@@H]2[C@H]1CC[C@H](CO)[C@@H]1CC[C@H](OC(C)=O)[C@@]21C. The molecule has 2 saturated carbocycles. The molecule has 0 radical (unpaired) electrons. The van der Waals surface area contributed by atoms with Crippen molar-refractivity contribution in [3.05, 3.63) is 12.2 Å². The van der Waals surface area contributed by atoms with E-state index in [0.717, 1.165) is 25.7 Å². The van der Waals surface area contributed by atoms with Gasteiger partial charge in [-0.15, -0.1) is 0 Å². The summed E-state index contributed by atoms with van der Waals surface area (Å²) in [5.41, 5.74) is 0.0760. The van der Waals surface area contributed by atoms with Gasteiger partial charge in [-0.1, -0.05) is 13.5 Å². The summed E-state index contributed by atoms with van der Waals surface area (Å²) in [6, 6.07) is 0. The van der Waals surface area contributed by atoms with Crippen LogP contribution < -0.4 is 0 Å². The highest BCUT2D eigenvalue weighted by Crippen LogP contribution is 2.58. The van der Waals surface area contributed by atoms with Crippen molar-refractivity contribution < 1.29 is 24.2 Å². The number of hydrogen-bond acceptors (Lipinski definition) is 5. The van der Waals surface area contributed by atoms with Crippen LogP contribution in [0.3, 0.4) is 0 Å². The maximum Gasteiger partial charge on any atom is 0.334 e. The van der Waals surface area contributed by atoms with Gasteiger partial charge in [0, 0.05) is 30.4 Å². The van der Waals surface area contributed by atoms with Crippen LogP contribution in [0.15, 0.2) is 12.2 Å². The first-order chi connectivity index (χ1) is 10.4. The van der Waals surface area contributed by atoms with Gasteiger partial charge < -0.3 is 14.6 Å². The predicted molar refractivity (Wildman–Crippen MR) is 78.7 cm³/mol. The van der Waals surface area contributed by atoms with Gasteiger partial charge in [-0.3, -0.25) is 4.79 Å². The van der Waals surface area contributed by atoms with Gasteiger partial charge in [-0.25, -0.2) is 4.79 Å². The van der Waals surface area contributed by atoms with E-state index in [2.05, 4.69) is 13.5 Å². The number of aliphatic hydroxyl groups excluding tert-OH is 1. The topological polar surface area (TPSA) is 72.8 Å². The summed E-state index contributed by atoms with van der Waals surface area (Å²) in [6.07, 6.45) is 2.70. The minimum absolute atomic E-state index is 0.0345. The molecule has 1 heterocycles. The van der Waals surface area contributed by atoms with E-state index in [4.69, 9.17) is 9.47 Å². The quantitative estimate of drug-likeness (QED) is 0.622. The summed E-state index contributed by atoms with van der Waals surface area (Å²) in [5.74, 6) is -0.326. The van der Waals surface area contributed by atoms with E-state index in [1.54, 1.807) is 0 Å². The minimum Gasteiger partial charge on any atom is -0.462 e. The van der Waals surface area contributed by atoms with Crippen molar-refractivity contribution in [3.63, 3.8) is 0 Å². The van der Waals surface area contributed by atoms with Gasteiger partial charge in [-0.2, -0.15) is 0 Å². The van der Waals surface area contributed by atoms with Gasteiger partial charge in [0.25, 0.3) is 0 Å². The van der Waals surface area contributed by atoms with E-state index in [-0.39, 0.29) is 48.5 Å². The molecule has 1 saturated heterocycles. The smallest absolute Gasteiger partial charge is 0.334 e. The Balaban J connectivity index is 2.01. The molecule has 0 spiro atoms. The van der Waals surface area contributed by atoms with Crippen LogP contribution in [0.4, 0.5) is 0 Å². The van der Waals surface area contributed by atoms with Crippen molar-refractivity contribution >= 4 is 11.9 Å². The molecule has 2 aliphatic carbocycles. The first-order valence-electron chi connectivity index (χ1n) is 8.07. The summed E-state index contributed by atoms with van der Waals surface area (Å²) in [4.78, 5) is 23.5. The largest absolute Gasteiger partial charge is 0.462 e. The molecule has 0 aromatic heterocycles. The van der Waals surface area contributed by atoms with Crippen molar-refractivity contribution in [2.24, 2.45) is 23.2 Å². The molecule has 3 rings (SSSR count). The van der Waals surface area contributed by atoms with Gasteiger partial charge in [0.2, 0.25) is 0 Å². The second-order valence-corrected chi connectivity index (χ2v) is 7.13. The maximum atomic E-state index is 12.0. The van der Waals surface area contributed by atoms with Crippen LogP contribution in [-0.4, -0.2) is 35.9 Å². The lowest BCUT2D eigenvalue weighted by Gasteiger charge is -2.42. The lowest BCUT2D eigenvalue weighted by molar-refractivity contribution is -0.167. The molecule has 3 aliphatic rings. The number of rotatable bonds is 2. The molecule has 1 aliphatic heterocycles. The summed E-state index contributed by atoms with van der Waals surface area (Å²) in [7, 11) is 0. The van der Waals surface area contributed by atoms with Crippen molar-refractivity contribution in [3.8, 4) is 0 Å². The molecule has 0 aromatic rings. The van der Waals surface area contributed by atoms with Crippen LogP contribution in [0.2, 0.25) is 0 Å². The normalized spacial score (nSPS) is 44.0. The Morgan fingerprint density at radius 1 is 1.41 bits per heavy atom. The highest BCUT2D eigenvalue weighted by molar-refractivity contribution is 5.91. The van der Waals surface area contributed by atoms with Gasteiger partial charge >= 0.3 is 11.9 Å². The Labute approximate surface area is 130 Å². The van der Waals surface area contributed by atoms with Gasteiger partial charge in [0.05, 0.1) is 0 Å². The van der Waals surface area contributed by atoms with Crippen LogP contribution in [0, 0.1) is 23.2 Å². The molecule has 0 bridgehead atoms. The first kappa shape index (κ1) is 15.5. The molecular formula is C17H24O5. The fourth-order valence-electron chi connectivity index (χ4n) is 5.02. The van der Waals surface area contributed by atoms with Crippen LogP contribution in [0.25, 0.3) is 0 Å². The van der Waals surface area contributed by atoms with E-state index in [1.165, 1.54) is 6.92 Å². The van der Waals surface area contributed by atoms with E-state index < -0.39 is 5.41 Å². The number of aliphatic hydroxyl groups is 1. The zero-order valence-electron chi connectivity index (χ0n) is 13.2. The van der Waals surface area contributed by atoms with Gasteiger partial charge in [0.15, 0.2) is 0 Å². The Kier molecular flexibility index (Phi) is 3.79. The molecule has 0 aromatic carbocycles. The third kappa shape index (κ3) is 2.09. The maximum absolute atomic E-state index is 12.0. The number of carbonyl (C=O) groups is 2. The van der Waals surface area contributed by atoms with E-state index in [0.29, 0.717) is 5.57 Å². The predicted octanol–water partition coefficient (Wildman–Crippen LogP) is 1.83. The second-order valence-electron chi connectivity index (χ2n) is 7.13. The van der Waals surface area contributed by atoms with Crippen molar-refractivity contribution in [1.82, 2.24) is 0 Å². The molecule has 5 nitrogen and oxygen atoms in total. The number of esters is 2. The van der Waals surface area contributed by atoms with Gasteiger partial charge in [-0.05, 0) is 37.5 Å². The second kappa shape index (κ2) is 5.37. The highest BCUT2D eigenvalue weighted by Gasteiger charge is 2.62. The molecule has 22 heavy (non-hydrogen) atoms. The Morgan fingerprint density at radius 3 is 2.77 bits per heavy atom. The fraction of sp³-hybridized carbons (Fsp3) is 0.765. The summed E-state index contributed by atoms with van der Waals surface area (Å²) in [6.45, 7) is 7.48. The fourth-order valence-corrected chi connectivity index (χ4v) is 5.02. The van der Waals surface area contributed by atoms with Crippen molar-refractivity contribution in [2.75, 3.05) is 6.61 Å². The molecule has 5 heteroatoms. The van der Waals surface area contributed by atoms with E-state index >= 15 is 0 Å². The molecule has 6 atom stereocenters. The average molecular weight is 308 g/mol. The lowest BCUT2D eigenvalue weighted by atomic mass is 9.67. The molecule has 0 amide bonds. The van der Waals surface area contributed by atoms with Crippen LogP contribution in [0.1, 0.15) is 39.5 Å². The zero-order chi connectivity index (χ0) is 16.1. The average Bonchev–Trinajstić information content (AvgIpc) is 2.89. The number of fused-ring (bicyclic) bond motifs is 3. The summed E-state index contributed by atoms with van der Waals surface area (Å²) in [5, 5.41) is 9.79. The van der Waals surface area contributed by atoms with Crippen molar-refractivity contribution in [2.45, 2.75) is 51.7 Å². The third-order valence-corrected chi connectivity index (χ3v) is 6.12. The Hall–Kier alpha value is -1.36. The standard InChI is InChI=1S/C17H24O5/c1-9-12-5-4-11(8-18)13-6-7-14(21-10(2)19)17(13,3)15(12)22-16(9)20/h11-15,18H,1,4-8H2,2-3H3/t11-,12+,13+,14+,15-,17+/m1/s1. The lowest BCUT2D eigenvalue weighted by Crippen LogP contribution is -2.48. The number of hydrogen-bond donors (Lipinski definition) is 1. The van der Waals surface area contributed by atoms with Gasteiger partial charge in [0.1, 0.15) is 12.2 Å². The van der Waals surface area contributed by atoms with Crippen molar-refractivity contribution in [1.29, 1.82) is 0 Å². The third-order valence-electron chi connectivity index (χ3n) is 6.12. The summed E-state index contributed by atoms with van der Waals surface area (Å²) < 4.78 is 11.2. The zero-order valence-corrected chi connectivity index (χ0v) is 13.2. The Morgan fingerprint density at radius 2 is 2.14 bits per heavy atom. The van der Waals surface area contributed by atoms with Crippen LogP contribution >= 0.6 is 0 Å². The Bertz CT molecular complexity index is 513. The highest BCUT2D eigenvalue weighted by atomic mass is 16.6. The molecule has 122 valence electrons. The summed E-state index contributed by atoms with van der Waals surface area (Å²) >= 11 is 0. The number of ether oxygens (including phenoxy) is 2.